The third-order valence-corrected chi connectivity index (χ3v) is 4.77. The first-order chi connectivity index (χ1) is 11.3. The van der Waals surface area contributed by atoms with Gasteiger partial charge in [0.2, 0.25) is 0 Å². The summed E-state index contributed by atoms with van der Waals surface area (Å²) in [6, 6.07) is 17.2. The molecule has 1 aromatic heterocycles. The van der Waals surface area contributed by atoms with Gasteiger partial charge in [0.1, 0.15) is 11.3 Å². The van der Waals surface area contributed by atoms with Gasteiger partial charge in [-0.3, -0.25) is 0 Å². The summed E-state index contributed by atoms with van der Waals surface area (Å²) in [5.41, 5.74) is 4.94. The molecule has 0 bridgehead atoms. The number of hydrogen-bond donors (Lipinski definition) is 0. The Morgan fingerprint density at radius 1 is 0.957 bits per heavy atom. The van der Waals surface area contributed by atoms with Crippen LogP contribution in [0.15, 0.2) is 52.9 Å². The highest BCUT2D eigenvalue weighted by Gasteiger charge is 2.21. The highest BCUT2D eigenvalue weighted by molar-refractivity contribution is 5.93. The van der Waals surface area contributed by atoms with Gasteiger partial charge in [-0.15, -0.1) is 0 Å². The van der Waals surface area contributed by atoms with Crippen molar-refractivity contribution in [3.05, 3.63) is 65.4 Å². The van der Waals surface area contributed by atoms with Crippen molar-refractivity contribution in [2.24, 2.45) is 0 Å². The first kappa shape index (κ1) is 14.4. The van der Waals surface area contributed by atoms with Gasteiger partial charge in [-0.2, -0.15) is 0 Å². The monoisotopic (exact) mass is 305 g/mol. The van der Waals surface area contributed by atoms with Crippen LogP contribution < -0.4 is 4.90 Å². The molecule has 3 aromatic rings. The summed E-state index contributed by atoms with van der Waals surface area (Å²) in [4.78, 5) is 2.53. The van der Waals surface area contributed by atoms with E-state index < -0.39 is 0 Å². The molecule has 0 radical (unpaired) electrons. The van der Waals surface area contributed by atoms with Gasteiger partial charge in [-0.25, -0.2) is 0 Å². The molecule has 1 aliphatic rings. The molecular formula is C21H23NO. The normalized spacial score (nSPS) is 15.3. The highest BCUT2D eigenvalue weighted by atomic mass is 16.3. The van der Waals surface area contributed by atoms with Crippen LogP contribution in [0.4, 0.5) is 5.69 Å². The van der Waals surface area contributed by atoms with Gasteiger partial charge in [-0.05, 0) is 43.9 Å². The summed E-state index contributed by atoms with van der Waals surface area (Å²) >= 11 is 0. The second-order valence-electron chi connectivity index (χ2n) is 6.58. The van der Waals surface area contributed by atoms with E-state index in [-0.39, 0.29) is 0 Å². The van der Waals surface area contributed by atoms with Crippen molar-refractivity contribution in [1.82, 2.24) is 0 Å². The van der Waals surface area contributed by atoms with Crippen LogP contribution in [0.1, 0.15) is 36.1 Å². The van der Waals surface area contributed by atoms with Crippen LogP contribution >= 0.6 is 0 Å². The molecule has 0 saturated carbocycles. The lowest BCUT2D eigenvalue weighted by Crippen LogP contribution is -2.29. The number of nitrogens with zero attached hydrogens (tertiary/aromatic N) is 1. The molecule has 1 fully saturated rings. The third kappa shape index (κ3) is 2.86. The van der Waals surface area contributed by atoms with E-state index in [9.17, 15) is 0 Å². The zero-order valence-corrected chi connectivity index (χ0v) is 13.7. The first-order valence-corrected chi connectivity index (χ1v) is 8.62. The van der Waals surface area contributed by atoms with Crippen LogP contribution in [-0.2, 0) is 6.42 Å². The lowest BCUT2D eigenvalue weighted by molar-refractivity contribution is 0.544. The predicted octanol–water partition coefficient (Wildman–Crippen LogP) is 5.32. The Balaban J connectivity index is 1.81. The molecular weight excluding hydrogens is 282 g/mol. The van der Waals surface area contributed by atoms with Crippen LogP contribution in [0.2, 0.25) is 0 Å². The van der Waals surface area contributed by atoms with Crippen molar-refractivity contribution in [1.29, 1.82) is 0 Å². The van der Waals surface area contributed by atoms with E-state index in [1.807, 2.05) is 0 Å². The Morgan fingerprint density at radius 3 is 2.52 bits per heavy atom. The molecule has 1 saturated heterocycles. The number of hydrogen-bond acceptors (Lipinski definition) is 2. The lowest BCUT2D eigenvalue weighted by atomic mass is 10.0. The van der Waals surface area contributed by atoms with E-state index in [2.05, 4.69) is 60.4 Å². The Hall–Kier alpha value is -2.22. The second-order valence-corrected chi connectivity index (χ2v) is 6.58. The van der Waals surface area contributed by atoms with Gasteiger partial charge in [0.15, 0.2) is 0 Å². The van der Waals surface area contributed by atoms with Crippen molar-refractivity contribution in [3.63, 3.8) is 0 Å². The molecule has 2 heteroatoms. The van der Waals surface area contributed by atoms with Crippen molar-refractivity contribution >= 4 is 16.7 Å². The minimum atomic E-state index is 0.862. The minimum Gasteiger partial charge on any atom is -0.458 e. The highest BCUT2D eigenvalue weighted by Crippen LogP contribution is 2.37. The maximum absolute atomic E-state index is 6.27. The smallest absolute Gasteiger partial charge is 0.136 e. The van der Waals surface area contributed by atoms with E-state index >= 15 is 0 Å². The fourth-order valence-electron chi connectivity index (χ4n) is 3.61. The summed E-state index contributed by atoms with van der Waals surface area (Å²) in [6.07, 6.45) is 4.77. The van der Waals surface area contributed by atoms with Gasteiger partial charge in [-0.1, -0.05) is 42.0 Å². The zero-order chi connectivity index (χ0) is 15.6. The fraction of sp³-hybridized carbons (Fsp3) is 0.333. The SMILES string of the molecule is Cc1ccc2oc(Cc3ccccc3)c(N3CCCCC3)c2c1. The van der Waals surface area contributed by atoms with E-state index in [4.69, 9.17) is 4.42 Å². The Bertz CT molecular complexity index is 797. The number of benzene rings is 2. The van der Waals surface area contributed by atoms with Gasteiger partial charge >= 0.3 is 0 Å². The van der Waals surface area contributed by atoms with Gasteiger partial charge in [0.25, 0.3) is 0 Å². The molecule has 0 aliphatic carbocycles. The maximum atomic E-state index is 6.27. The largest absolute Gasteiger partial charge is 0.458 e. The van der Waals surface area contributed by atoms with Gasteiger partial charge < -0.3 is 9.32 Å². The Labute approximate surface area is 137 Å². The summed E-state index contributed by atoms with van der Waals surface area (Å²) < 4.78 is 6.27. The molecule has 0 unspecified atom stereocenters. The molecule has 2 heterocycles. The van der Waals surface area contributed by atoms with Crippen LogP contribution in [0.3, 0.4) is 0 Å². The molecule has 2 nitrogen and oxygen atoms in total. The molecule has 118 valence electrons. The number of anilines is 1. The average molecular weight is 305 g/mol. The van der Waals surface area contributed by atoms with Crippen LogP contribution in [0.5, 0.6) is 0 Å². The summed E-state index contributed by atoms with van der Waals surface area (Å²) in [7, 11) is 0. The molecule has 23 heavy (non-hydrogen) atoms. The van der Waals surface area contributed by atoms with Crippen molar-refractivity contribution in [2.45, 2.75) is 32.6 Å². The molecule has 1 aliphatic heterocycles. The lowest BCUT2D eigenvalue weighted by Gasteiger charge is -2.29. The quantitative estimate of drug-likeness (QED) is 0.651. The molecule has 0 atom stereocenters. The second kappa shape index (κ2) is 6.11. The first-order valence-electron chi connectivity index (χ1n) is 8.62. The predicted molar refractivity (Wildman–Crippen MR) is 96.3 cm³/mol. The van der Waals surface area contributed by atoms with Crippen molar-refractivity contribution < 1.29 is 4.42 Å². The van der Waals surface area contributed by atoms with Crippen LogP contribution in [0, 0.1) is 6.92 Å². The topological polar surface area (TPSA) is 16.4 Å². The maximum Gasteiger partial charge on any atom is 0.136 e. The van der Waals surface area contributed by atoms with Gasteiger partial charge in [0.05, 0.1) is 5.69 Å². The molecule has 0 amide bonds. The van der Waals surface area contributed by atoms with Crippen LogP contribution in [-0.4, -0.2) is 13.1 Å². The van der Waals surface area contributed by atoms with E-state index in [1.54, 1.807) is 0 Å². The van der Waals surface area contributed by atoms with Crippen LogP contribution in [0.25, 0.3) is 11.0 Å². The molecule has 2 aromatic carbocycles. The summed E-state index contributed by atoms with van der Waals surface area (Å²) in [5, 5.41) is 1.28. The number of fused-ring (bicyclic) bond motifs is 1. The van der Waals surface area contributed by atoms with E-state index in [0.29, 0.717) is 0 Å². The third-order valence-electron chi connectivity index (χ3n) is 4.77. The average Bonchev–Trinajstić information content (AvgIpc) is 2.93. The number of aryl methyl sites for hydroxylation is 1. The number of furan rings is 1. The van der Waals surface area contributed by atoms with Gasteiger partial charge in [0, 0.05) is 24.9 Å². The summed E-state index contributed by atoms with van der Waals surface area (Å²) in [5.74, 6) is 1.11. The molecule has 4 rings (SSSR count). The molecule has 0 spiro atoms. The number of piperidine rings is 1. The number of rotatable bonds is 3. The standard InChI is InChI=1S/C21H23NO/c1-16-10-11-19-18(14-16)21(22-12-6-3-7-13-22)20(23-19)15-17-8-4-2-5-9-17/h2,4-5,8-11,14H,3,6-7,12-13,15H2,1H3. The fourth-order valence-corrected chi connectivity index (χ4v) is 3.61. The minimum absolute atomic E-state index is 0.862. The van der Waals surface area contributed by atoms with E-state index in [0.717, 1.165) is 30.9 Å². The van der Waals surface area contributed by atoms with E-state index in [1.165, 1.54) is 41.5 Å². The molecule has 0 N–H and O–H groups in total. The Kier molecular flexibility index (Phi) is 3.82. The zero-order valence-electron chi connectivity index (χ0n) is 13.7. The van der Waals surface area contributed by atoms with Crippen molar-refractivity contribution in [3.8, 4) is 0 Å². The van der Waals surface area contributed by atoms with Crippen molar-refractivity contribution in [2.75, 3.05) is 18.0 Å². The Morgan fingerprint density at radius 2 is 1.74 bits per heavy atom. The summed E-state index contributed by atoms with van der Waals surface area (Å²) in [6.45, 7) is 4.44.